The molecule has 3 rings (SSSR count). The molecule has 1 amide bonds. The molecule has 1 aromatic rings. The van der Waals surface area contributed by atoms with E-state index in [1.165, 1.54) is 0 Å². The minimum atomic E-state index is -4.24. The SMILES string of the molecule is O=CN1CC(c2ccc(NC3(C(F)(F)F)CC3)nc2)C1. The monoisotopic (exact) mass is 285 g/mol. The molecule has 20 heavy (non-hydrogen) atoms. The first-order chi connectivity index (χ1) is 9.43. The second-order valence-electron chi connectivity index (χ2n) is 5.44. The number of hydrogen-bond donors (Lipinski definition) is 1. The van der Waals surface area contributed by atoms with Crippen molar-refractivity contribution in [2.45, 2.75) is 30.5 Å². The summed E-state index contributed by atoms with van der Waals surface area (Å²) in [5.74, 6) is 0.481. The maximum atomic E-state index is 12.8. The lowest BCUT2D eigenvalue weighted by molar-refractivity contribution is -0.151. The summed E-state index contributed by atoms with van der Waals surface area (Å²) in [6, 6.07) is 3.35. The van der Waals surface area contributed by atoms with Crippen molar-refractivity contribution in [2.24, 2.45) is 0 Å². The third-order valence-electron chi connectivity index (χ3n) is 3.98. The van der Waals surface area contributed by atoms with Crippen molar-refractivity contribution in [3.05, 3.63) is 23.9 Å². The van der Waals surface area contributed by atoms with E-state index in [-0.39, 0.29) is 24.6 Å². The van der Waals surface area contributed by atoms with E-state index in [1.807, 2.05) is 0 Å². The molecule has 1 saturated carbocycles. The van der Waals surface area contributed by atoms with Crippen LogP contribution in [0.4, 0.5) is 19.0 Å². The fourth-order valence-corrected chi connectivity index (χ4v) is 2.38. The zero-order valence-electron chi connectivity index (χ0n) is 10.7. The van der Waals surface area contributed by atoms with Gasteiger partial charge in [0.25, 0.3) is 0 Å². The topological polar surface area (TPSA) is 45.2 Å². The number of carbonyl (C=O) groups is 1. The molecule has 2 heterocycles. The highest BCUT2D eigenvalue weighted by Crippen LogP contribution is 2.50. The van der Waals surface area contributed by atoms with Crippen LogP contribution in [0.1, 0.15) is 24.3 Å². The molecule has 1 N–H and O–H groups in total. The smallest absolute Gasteiger partial charge is 0.356 e. The number of pyridine rings is 1. The Morgan fingerprint density at radius 3 is 2.50 bits per heavy atom. The summed E-state index contributed by atoms with van der Waals surface area (Å²) in [6.45, 7) is 1.29. The highest BCUT2D eigenvalue weighted by Gasteiger charge is 2.63. The molecule has 1 aliphatic carbocycles. The molecule has 7 heteroatoms. The van der Waals surface area contributed by atoms with E-state index >= 15 is 0 Å². The highest BCUT2D eigenvalue weighted by atomic mass is 19.4. The molecule has 1 aromatic heterocycles. The molecule has 0 unspecified atom stereocenters. The predicted molar refractivity (Wildman–Crippen MR) is 66.3 cm³/mol. The molecule has 0 atom stereocenters. The van der Waals surface area contributed by atoms with E-state index < -0.39 is 11.7 Å². The van der Waals surface area contributed by atoms with Gasteiger partial charge in [-0.1, -0.05) is 6.07 Å². The van der Waals surface area contributed by atoms with Crippen molar-refractivity contribution in [3.63, 3.8) is 0 Å². The lowest BCUT2D eigenvalue weighted by atomic mass is 9.93. The van der Waals surface area contributed by atoms with Crippen molar-refractivity contribution in [1.82, 2.24) is 9.88 Å². The van der Waals surface area contributed by atoms with Gasteiger partial charge >= 0.3 is 6.18 Å². The summed E-state index contributed by atoms with van der Waals surface area (Å²) < 4.78 is 38.4. The molecule has 0 spiro atoms. The van der Waals surface area contributed by atoms with Gasteiger partial charge in [-0.25, -0.2) is 4.98 Å². The molecular formula is C13H14F3N3O. The molecule has 2 aliphatic rings. The maximum absolute atomic E-state index is 12.8. The van der Waals surface area contributed by atoms with E-state index in [1.54, 1.807) is 23.2 Å². The Labute approximate surface area is 114 Å². The normalized spacial score (nSPS) is 21.2. The van der Waals surface area contributed by atoms with Crippen LogP contribution in [0, 0.1) is 0 Å². The predicted octanol–water partition coefficient (Wildman–Crippen LogP) is 2.14. The number of likely N-dealkylation sites (tertiary alicyclic amines) is 1. The zero-order chi connectivity index (χ0) is 14.4. The van der Waals surface area contributed by atoms with Crippen molar-refractivity contribution in [2.75, 3.05) is 18.4 Å². The Morgan fingerprint density at radius 2 is 2.05 bits per heavy atom. The largest absolute Gasteiger partial charge is 0.411 e. The van der Waals surface area contributed by atoms with Gasteiger partial charge in [-0.15, -0.1) is 0 Å². The first-order valence-electron chi connectivity index (χ1n) is 6.44. The molecule has 1 saturated heterocycles. The van der Waals surface area contributed by atoms with Crippen LogP contribution in [0.25, 0.3) is 0 Å². The summed E-state index contributed by atoms with van der Waals surface area (Å²) in [6.07, 6.45) is -1.68. The average molecular weight is 285 g/mol. The van der Waals surface area contributed by atoms with Crippen LogP contribution < -0.4 is 5.32 Å². The quantitative estimate of drug-likeness (QED) is 0.862. The Balaban J connectivity index is 1.64. The van der Waals surface area contributed by atoms with E-state index in [0.717, 1.165) is 12.0 Å². The minimum Gasteiger partial charge on any atom is -0.356 e. The number of nitrogens with one attached hydrogen (secondary N) is 1. The van der Waals surface area contributed by atoms with E-state index in [0.29, 0.717) is 13.1 Å². The van der Waals surface area contributed by atoms with Crippen LogP contribution in [-0.4, -0.2) is 41.1 Å². The van der Waals surface area contributed by atoms with Crippen LogP contribution in [0.2, 0.25) is 0 Å². The van der Waals surface area contributed by atoms with Gasteiger partial charge in [0.05, 0.1) is 0 Å². The van der Waals surface area contributed by atoms with Crippen LogP contribution in [-0.2, 0) is 4.79 Å². The van der Waals surface area contributed by atoms with Gasteiger partial charge in [0, 0.05) is 25.2 Å². The third kappa shape index (κ3) is 2.21. The fraction of sp³-hybridized carbons (Fsp3) is 0.538. The van der Waals surface area contributed by atoms with Crippen molar-refractivity contribution >= 4 is 12.2 Å². The van der Waals surface area contributed by atoms with Gasteiger partial charge < -0.3 is 10.2 Å². The molecule has 108 valence electrons. The number of amides is 1. The first kappa shape index (κ1) is 13.2. The van der Waals surface area contributed by atoms with Crippen molar-refractivity contribution in [3.8, 4) is 0 Å². The lowest BCUT2D eigenvalue weighted by Gasteiger charge is -2.36. The van der Waals surface area contributed by atoms with Crippen LogP contribution >= 0.6 is 0 Å². The molecule has 2 fully saturated rings. The number of halogens is 3. The number of hydrogen-bond acceptors (Lipinski definition) is 3. The van der Waals surface area contributed by atoms with Crippen LogP contribution in [0.5, 0.6) is 0 Å². The molecular weight excluding hydrogens is 271 g/mol. The average Bonchev–Trinajstić information content (AvgIpc) is 3.10. The number of aromatic nitrogens is 1. The van der Waals surface area contributed by atoms with Gasteiger partial charge in [0.1, 0.15) is 11.4 Å². The molecule has 4 nitrogen and oxygen atoms in total. The Bertz CT molecular complexity index is 505. The summed E-state index contributed by atoms with van der Waals surface area (Å²) in [4.78, 5) is 16.2. The first-order valence-corrected chi connectivity index (χ1v) is 6.44. The molecule has 0 radical (unpaired) electrons. The number of carbonyl (C=O) groups excluding carboxylic acids is 1. The second kappa shape index (κ2) is 4.36. The van der Waals surface area contributed by atoms with Crippen molar-refractivity contribution < 1.29 is 18.0 Å². The molecule has 1 aliphatic heterocycles. The van der Waals surface area contributed by atoms with Gasteiger partial charge in [-0.05, 0) is 24.5 Å². The van der Waals surface area contributed by atoms with Gasteiger partial charge in [-0.2, -0.15) is 13.2 Å². The van der Waals surface area contributed by atoms with E-state index in [4.69, 9.17) is 0 Å². The van der Waals surface area contributed by atoms with E-state index in [2.05, 4.69) is 10.3 Å². The summed E-state index contributed by atoms with van der Waals surface area (Å²) >= 11 is 0. The molecule has 0 bridgehead atoms. The summed E-state index contributed by atoms with van der Waals surface area (Å²) in [5.41, 5.74) is -0.836. The Hall–Kier alpha value is -1.79. The Kier molecular flexibility index (Phi) is 2.88. The summed E-state index contributed by atoms with van der Waals surface area (Å²) in [7, 11) is 0. The van der Waals surface area contributed by atoms with Gasteiger partial charge in [0.15, 0.2) is 0 Å². The van der Waals surface area contributed by atoms with Gasteiger partial charge in [0.2, 0.25) is 6.41 Å². The minimum absolute atomic E-state index is 0.0941. The third-order valence-corrected chi connectivity index (χ3v) is 3.98. The highest BCUT2D eigenvalue weighted by molar-refractivity contribution is 5.50. The number of anilines is 1. The summed E-state index contributed by atoms with van der Waals surface area (Å²) in [5, 5.41) is 2.49. The number of rotatable bonds is 4. The van der Waals surface area contributed by atoms with Crippen molar-refractivity contribution in [1.29, 1.82) is 0 Å². The number of alkyl halides is 3. The Morgan fingerprint density at radius 1 is 1.35 bits per heavy atom. The van der Waals surface area contributed by atoms with Crippen LogP contribution in [0.3, 0.4) is 0 Å². The zero-order valence-corrected chi connectivity index (χ0v) is 10.7. The number of nitrogens with zero attached hydrogens (tertiary/aromatic N) is 2. The van der Waals surface area contributed by atoms with Crippen LogP contribution in [0.15, 0.2) is 18.3 Å². The van der Waals surface area contributed by atoms with E-state index in [9.17, 15) is 18.0 Å². The fourth-order valence-electron chi connectivity index (χ4n) is 2.38. The lowest BCUT2D eigenvalue weighted by Crippen LogP contribution is -2.43. The van der Waals surface area contributed by atoms with Gasteiger partial charge in [-0.3, -0.25) is 4.79 Å². The second-order valence-corrected chi connectivity index (χ2v) is 5.44. The molecule has 0 aromatic carbocycles. The standard InChI is InChI=1S/C13H14F3N3O/c14-13(15,16)12(3-4-12)18-11-2-1-9(5-17-11)10-6-19(7-10)8-20/h1-2,5,8,10H,3-4,6-7H2,(H,17,18). The maximum Gasteiger partial charge on any atom is 0.411 e.